The summed E-state index contributed by atoms with van der Waals surface area (Å²) < 4.78 is 44.2. The zero-order valence-electron chi connectivity index (χ0n) is 15.2. The lowest BCUT2D eigenvalue weighted by atomic mass is 10.3. The largest absolute Gasteiger partial charge is 0.486 e. The summed E-state index contributed by atoms with van der Waals surface area (Å²) in [4.78, 5) is 8.67. The van der Waals surface area contributed by atoms with Crippen LogP contribution in [0.25, 0.3) is 0 Å². The van der Waals surface area contributed by atoms with Crippen LogP contribution in [0.2, 0.25) is 0 Å². The van der Waals surface area contributed by atoms with Crippen LogP contribution in [0.5, 0.6) is 17.4 Å². The smallest absolute Gasteiger partial charge is 0.243 e. The molecule has 2 aromatic rings. The van der Waals surface area contributed by atoms with Crippen LogP contribution >= 0.6 is 0 Å². The normalized spacial score (nSPS) is 19.9. The van der Waals surface area contributed by atoms with Gasteiger partial charge in [0.05, 0.1) is 11.4 Å². The van der Waals surface area contributed by atoms with Gasteiger partial charge in [0.1, 0.15) is 25.1 Å². The number of aryl methyl sites for hydroxylation is 2. The summed E-state index contributed by atoms with van der Waals surface area (Å²) in [6, 6.07) is 6.46. The molecule has 27 heavy (non-hydrogen) atoms. The molecule has 1 aromatic heterocycles. The summed E-state index contributed by atoms with van der Waals surface area (Å²) in [6.45, 7) is 5.21. The first-order chi connectivity index (χ1) is 12.9. The van der Waals surface area contributed by atoms with E-state index in [1.807, 2.05) is 6.92 Å². The first-order valence-electron chi connectivity index (χ1n) is 8.80. The van der Waals surface area contributed by atoms with E-state index in [0.717, 1.165) is 5.69 Å². The highest BCUT2D eigenvalue weighted by atomic mass is 32.2. The van der Waals surface area contributed by atoms with Crippen LogP contribution in [-0.2, 0) is 10.0 Å². The molecule has 2 aliphatic rings. The number of fused-ring (bicyclic) bond motifs is 1. The van der Waals surface area contributed by atoms with Crippen molar-refractivity contribution in [2.24, 2.45) is 0 Å². The third-order valence-corrected chi connectivity index (χ3v) is 6.35. The predicted octanol–water partition coefficient (Wildman–Crippen LogP) is 1.71. The van der Waals surface area contributed by atoms with Crippen LogP contribution in [0.1, 0.15) is 17.9 Å². The van der Waals surface area contributed by atoms with E-state index in [1.165, 1.54) is 10.4 Å². The molecule has 0 spiro atoms. The highest BCUT2D eigenvalue weighted by molar-refractivity contribution is 7.89. The molecule has 0 radical (unpaired) electrons. The van der Waals surface area contributed by atoms with Crippen molar-refractivity contribution >= 4 is 10.0 Å². The summed E-state index contributed by atoms with van der Waals surface area (Å²) in [7, 11) is -3.63. The molecular weight excluding hydrogens is 370 g/mol. The first-order valence-corrected chi connectivity index (χ1v) is 10.2. The van der Waals surface area contributed by atoms with Gasteiger partial charge in [0.2, 0.25) is 15.9 Å². The number of ether oxygens (including phenoxy) is 3. The minimum Gasteiger partial charge on any atom is -0.486 e. The maximum Gasteiger partial charge on any atom is 0.243 e. The Morgan fingerprint density at radius 1 is 1.11 bits per heavy atom. The Bertz CT molecular complexity index is 943. The molecule has 0 saturated carbocycles. The Hall–Kier alpha value is -2.39. The van der Waals surface area contributed by atoms with E-state index < -0.39 is 10.0 Å². The van der Waals surface area contributed by atoms with Gasteiger partial charge in [-0.25, -0.2) is 13.4 Å². The van der Waals surface area contributed by atoms with E-state index in [2.05, 4.69) is 9.97 Å². The third kappa shape index (κ3) is 3.70. The topological polar surface area (TPSA) is 90.9 Å². The zero-order chi connectivity index (χ0) is 19.0. The van der Waals surface area contributed by atoms with Gasteiger partial charge in [0, 0.05) is 24.4 Å². The van der Waals surface area contributed by atoms with Crippen molar-refractivity contribution in [2.45, 2.75) is 31.3 Å². The fourth-order valence-electron chi connectivity index (χ4n) is 3.26. The van der Waals surface area contributed by atoms with E-state index in [9.17, 15) is 8.42 Å². The number of benzene rings is 1. The number of sulfonamides is 1. The van der Waals surface area contributed by atoms with Crippen LogP contribution in [-0.4, -0.2) is 55.1 Å². The molecule has 144 valence electrons. The first kappa shape index (κ1) is 18.0. The minimum absolute atomic E-state index is 0.195. The van der Waals surface area contributed by atoms with Gasteiger partial charge >= 0.3 is 0 Å². The zero-order valence-corrected chi connectivity index (χ0v) is 16.0. The average molecular weight is 391 g/mol. The Morgan fingerprint density at radius 2 is 1.89 bits per heavy atom. The van der Waals surface area contributed by atoms with Gasteiger partial charge in [0.15, 0.2) is 11.5 Å². The summed E-state index contributed by atoms with van der Waals surface area (Å²) in [5.41, 5.74) is 0.816. The van der Waals surface area contributed by atoms with Crippen LogP contribution in [0.4, 0.5) is 0 Å². The van der Waals surface area contributed by atoms with Crippen molar-refractivity contribution < 1.29 is 22.6 Å². The minimum atomic E-state index is -3.63. The number of rotatable bonds is 4. The van der Waals surface area contributed by atoms with Crippen molar-refractivity contribution in [3.8, 4) is 17.4 Å². The number of nitrogens with zero attached hydrogens (tertiary/aromatic N) is 3. The molecule has 0 bridgehead atoms. The van der Waals surface area contributed by atoms with Crippen molar-refractivity contribution in [3.63, 3.8) is 0 Å². The maximum atomic E-state index is 13.0. The van der Waals surface area contributed by atoms with Crippen LogP contribution in [0.15, 0.2) is 29.2 Å². The van der Waals surface area contributed by atoms with E-state index in [0.29, 0.717) is 49.4 Å². The quantitative estimate of drug-likeness (QED) is 0.783. The lowest BCUT2D eigenvalue weighted by Crippen LogP contribution is -2.31. The van der Waals surface area contributed by atoms with E-state index in [4.69, 9.17) is 14.2 Å². The van der Waals surface area contributed by atoms with Gasteiger partial charge in [-0.05, 0) is 32.4 Å². The van der Waals surface area contributed by atoms with Gasteiger partial charge in [0.25, 0.3) is 0 Å². The molecule has 9 heteroatoms. The van der Waals surface area contributed by atoms with Crippen molar-refractivity contribution in [3.05, 3.63) is 35.8 Å². The summed E-state index contributed by atoms with van der Waals surface area (Å²) in [6.07, 6.45) is 0.358. The molecule has 0 amide bonds. The number of aromatic nitrogens is 2. The van der Waals surface area contributed by atoms with Crippen molar-refractivity contribution in [2.75, 3.05) is 26.3 Å². The molecule has 2 aliphatic heterocycles. The number of hydrogen-bond donors (Lipinski definition) is 0. The molecule has 0 aliphatic carbocycles. The fourth-order valence-corrected chi connectivity index (χ4v) is 4.76. The maximum absolute atomic E-state index is 13.0. The third-order valence-electron chi connectivity index (χ3n) is 4.49. The summed E-state index contributed by atoms with van der Waals surface area (Å²) in [5, 5.41) is 0. The predicted molar refractivity (Wildman–Crippen MR) is 96.7 cm³/mol. The fraction of sp³-hybridized carbons (Fsp3) is 0.444. The van der Waals surface area contributed by atoms with E-state index in [1.54, 1.807) is 25.1 Å². The van der Waals surface area contributed by atoms with Gasteiger partial charge in [-0.3, -0.25) is 0 Å². The standard InChI is InChI=1S/C18H21N3O5S/c1-12-9-18(20-13(2)19-12)26-14-5-6-21(11-14)27(22,23)15-3-4-16-17(10-15)25-8-7-24-16/h3-4,9-10,14H,5-8,11H2,1-2H3. The van der Waals surface area contributed by atoms with Crippen LogP contribution in [0, 0.1) is 13.8 Å². The number of hydrogen-bond acceptors (Lipinski definition) is 7. The highest BCUT2D eigenvalue weighted by Crippen LogP contribution is 2.34. The van der Waals surface area contributed by atoms with Gasteiger partial charge < -0.3 is 14.2 Å². The lowest BCUT2D eigenvalue weighted by molar-refractivity contribution is 0.171. The Kier molecular flexibility index (Phi) is 4.65. The van der Waals surface area contributed by atoms with E-state index >= 15 is 0 Å². The monoisotopic (exact) mass is 391 g/mol. The molecule has 0 N–H and O–H groups in total. The molecule has 1 atom stereocenters. The van der Waals surface area contributed by atoms with Crippen molar-refractivity contribution in [1.29, 1.82) is 0 Å². The molecule has 1 saturated heterocycles. The van der Waals surface area contributed by atoms with Gasteiger partial charge in [-0.2, -0.15) is 9.29 Å². The second kappa shape index (κ2) is 6.97. The Labute approximate surface area is 158 Å². The lowest BCUT2D eigenvalue weighted by Gasteiger charge is -2.21. The molecule has 1 unspecified atom stereocenters. The van der Waals surface area contributed by atoms with Crippen LogP contribution < -0.4 is 14.2 Å². The Balaban J connectivity index is 1.49. The molecule has 1 aromatic carbocycles. The summed E-state index contributed by atoms with van der Waals surface area (Å²) >= 11 is 0. The molecule has 8 nitrogen and oxygen atoms in total. The molecule has 4 rings (SSSR count). The molecule has 1 fully saturated rings. The van der Waals surface area contributed by atoms with Crippen LogP contribution in [0.3, 0.4) is 0 Å². The van der Waals surface area contributed by atoms with Gasteiger partial charge in [-0.1, -0.05) is 0 Å². The van der Waals surface area contributed by atoms with Gasteiger partial charge in [-0.15, -0.1) is 0 Å². The second-order valence-corrected chi connectivity index (χ2v) is 8.53. The SMILES string of the molecule is Cc1cc(OC2CCN(S(=O)(=O)c3ccc4c(c3)OCCO4)C2)nc(C)n1. The van der Waals surface area contributed by atoms with E-state index in [-0.39, 0.29) is 17.5 Å². The molecule has 3 heterocycles. The average Bonchev–Trinajstić information content (AvgIpc) is 3.09. The molecular formula is C18H21N3O5S. The summed E-state index contributed by atoms with van der Waals surface area (Å²) in [5.74, 6) is 2.13. The Morgan fingerprint density at radius 3 is 2.67 bits per heavy atom. The van der Waals surface area contributed by atoms with Crippen molar-refractivity contribution in [1.82, 2.24) is 14.3 Å². The second-order valence-electron chi connectivity index (χ2n) is 6.59. The highest BCUT2D eigenvalue weighted by Gasteiger charge is 2.34.